The van der Waals surface area contributed by atoms with E-state index in [1.165, 1.54) is 4.90 Å². The number of carboxylic acids is 1. The third-order valence-electron chi connectivity index (χ3n) is 3.64. The summed E-state index contributed by atoms with van der Waals surface area (Å²) in [7, 11) is -1.89. The Morgan fingerprint density at radius 1 is 1.38 bits per heavy atom. The average Bonchev–Trinajstić information content (AvgIpc) is 2.96. The maximum absolute atomic E-state index is 12.3. The molecule has 0 aliphatic carbocycles. The van der Waals surface area contributed by atoms with E-state index in [2.05, 4.69) is 4.74 Å². The van der Waals surface area contributed by atoms with E-state index >= 15 is 0 Å². The van der Waals surface area contributed by atoms with Crippen molar-refractivity contribution in [3.63, 3.8) is 0 Å². The van der Waals surface area contributed by atoms with Crippen LogP contribution < -0.4 is 17.2 Å². The van der Waals surface area contributed by atoms with Gasteiger partial charge in [0.05, 0.1) is 0 Å². The number of carboxylic acid groups (broad SMARTS) is 1. The minimum Gasteiger partial charge on any atom is -0.612 e. The number of benzene rings is 1. The first-order chi connectivity index (χ1) is 10.5. The van der Waals surface area contributed by atoms with Crippen LogP contribution in [0.1, 0.15) is 25.3 Å². The van der Waals surface area contributed by atoms with Crippen LogP contribution in [-0.4, -0.2) is 40.5 Å². The maximum Gasteiger partial charge on any atom is 0.326 e. The summed E-state index contributed by atoms with van der Waals surface area (Å²) >= 11 is 0. The molecule has 3 atom stereocenters. The minimum absolute atomic E-state index is 0. The van der Waals surface area contributed by atoms with Crippen molar-refractivity contribution in [2.24, 2.45) is 4.74 Å². The lowest BCUT2D eigenvalue weighted by molar-refractivity contribution is -0.157. The second-order valence-corrected chi connectivity index (χ2v) is 6.57. The van der Waals surface area contributed by atoms with Gasteiger partial charge in [-0.1, -0.05) is 30.3 Å². The van der Waals surface area contributed by atoms with Crippen molar-refractivity contribution in [3.8, 4) is 0 Å². The zero-order valence-electron chi connectivity index (χ0n) is 13.8. The standard InChI is InChI=1S/C15H19N2O4P.2H3N/c1-11(14(18)17-9-5-8-13(17)15(19)20)16-22(21)10-12-6-3-2-4-7-12;;/h2-4,6-7,11,13H,5,8-10H2,1H3,(H,19,20);2*1H3/t11-,13-;;/m0../s1. The second kappa shape index (κ2) is 10.1. The fourth-order valence-electron chi connectivity index (χ4n) is 2.55. The molecule has 1 aliphatic heterocycles. The van der Waals surface area contributed by atoms with Gasteiger partial charge in [-0.05, 0) is 25.3 Å². The molecule has 1 aliphatic rings. The molecule has 8 nitrogen and oxygen atoms in total. The van der Waals surface area contributed by atoms with Gasteiger partial charge in [-0.2, -0.15) is 0 Å². The summed E-state index contributed by atoms with van der Waals surface area (Å²) in [5.74, 6) is -1.35. The third-order valence-corrected chi connectivity index (χ3v) is 4.88. The van der Waals surface area contributed by atoms with Crippen molar-refractivity contribution >= 4 is 19.8 Å². The molecular formula is C15H25N4O4P. The van der Waals surface area contributed by atoms with Gasteiger partial charge in [-0.3, -0.25) is 4.79 Å². The van der Waals surface area contributed by atoms with Crippen LogP contribution in [0.2, 0.25) is 0 Å². The minimum atomic E-state index is -1.89. The van der Waals surface area contributed by atoms with Gasteiger partial charge >= 0.3 is 5.97 Å². The summed E-state index contributed by atoms with van der Waals surface area (Å²) in [4.78, 5) is 36.8. The zero-order chi connectivity index (χ0) is 16.1. The van der Waals surface area contributed by atoms with Crippen molar-refractivity contribution in [1.29, 1.82) is 0 Å². The summed E-state index contributed by atoms with van der Waals surface area (Å²) in [6, 6.07) is 7.74. The number of likely N-dealkylation sites (tertiary alicyclic amines) is 1. The molecule has 0 bridgehead atoms. The summed E-state index contributed by atoms with van der Waals surface area (Å²) in [6.07, 6.45) is 1.42. The Kier molecular flexibility index (Phi) is 9.32. The van der Waals surface area contributed by atoms with Gasteiger partial charge in [-0.25, -0.2) is 4.79 Å². The quantitative estimate of drug-likeness (QED) is 0.682. The first kappa shape index (κ1) is 22.1. The van der Waals surface area contributed by atoms with E-state index in [1.807, 2.05) is 30.3 Å². The highest BCUT2D eigenvalue weighted by atomic mass is 31.1. The Bertz CT molecular complexity index is 582. The number of hydrogen-bond donors (Lipinski definition) is 3. The van der Waals surface area contributed by atoms with Crippen LogP contribution in [0.25, 0.3) is 0 Å². The second-order valence-electron chi connectivity index (χ2n) is 5.32. The maximum atomic E-state index is 12.3. The number of amides is 1. The molecule has 0 spiro atoms. The molecule has 1 fully saturated rings. The molecule has 1 aromatic carbocycles. The molecule has 24 heavy (non-hydrogen) atoms. The normalized spacial score (nSPS) is 18.3. The Balaban J connectivity index is 0.00000264. The van der Waals surface area contributed by atoms with E-state index < -0.39 is 26.0 Å². The van der Waals surface area contributed by atoms with Crippen molar-refractivity contribution in [2.45, 2.75) is 38.0 Å². The molecule has 1 amide bonds. The molecule has 0 saturated carbocycles. The fraction of sp³-hybridized carbons (Fsp3) is 0.467. The Hall–Kier alpha value is -1.86. The fourth-order valence-corrected chi connectivity index (χ4v) is 3.64. The van der Waals surface area contributed by atoms with Gasteiger partial charge < -0.3 is 27.2 Å². The first-order valence-electron chi connectivity index (χ1n) is 7.21. The lowest BCUT2D eigenvalue weighted by atomic mass is 10.2. The summed E-state index contributed by atoms with van der Waals surface area (Å²) in [5, 5.41) is 9.11. The van der Waals surface area contributed by atoms with Crippen LogP contribution in [0.15, 0.2) is 35.1 Å². The smallest absolute Gasteiger partial charge is 0.326 e. The molecule has 1 aromatic rings. The van der Waals surface area contributed by atoms with Gasteiger partial charge in [0.15, 0.2) is 14.0 Å². The molecule has 134 valence electrons. The van der Waals surface area contributed by atoms with Crippen molar-refractivity contribution in [3.05, 3.63) is 35.9 Å². The summed E-state index contributed by atoms with van der Waals surface area (Å²) in [5.41, 5.74) is 0.900. The molecule has 1 unspecified atom stereocenters. The summed E-state index contributed by atoms with van der Waals surface area (Å²) < 4.78 is 4.04. The van der Waals surface area contributed by atoms with Crippen LogP contribution in [0.3, 0.4) is 0 Å². The van der Waals surface area contributed by atoms with E-state index in [9.17, 15) is 14.5 Å². The van der Waals surface area contributed by atoms with E-state index in [1.54, 1.807) is 6.92 Å². The highest BCUT2D eigenvalue weighted by molar-refractivity contribution is 7.38. The highest BCUT2D eigenvalue weighted by Crippen LogP contribution is 2.25. The molecule has 1 saturated heterocycles. The molecule has 7 N–H and O–H groups in total. The number of rotatable bonds is 5. The van der Waals surface area contributed by atoms with Crippen LogP contribution in [0, 0.1) is 0 Å². The van der Waals surface area contributed by atoms with Gasteiger partial charge in [-0.15, -0.1) is 4.74 Å². The first-order valence-corrected chi connectivity index (χ1v) is 8.61. The number of hydrogen-bond acceptors (Lipinski definition) is 6. The van der Waals surface area contributed by atoms with Crippen molar-refractivity contribution in [2.75, 3.05) is 6.54 Å². The predicted octanol–water partition coefficient (Wildman–Crippen LogP) is 1.92. The summed E-state index contributed by atoms with van der Waals surface area (Å²) in [6.45, 7) is 1.99. The molecule has 1 heterocycles. The molecule has 0 aromatic heterocycles. The third kappa shape index (κ3) is 5.65. The number of aliphatic carboxylic acids is 1. The van der Waals surface area contributed by atoms with Crippen molar-refractivity contribution in [1.82, 2.24) is 17.2 Å². The Morgan fingerprint density at radius 3 is 2.58 bits per heavy atom. The molecule has 9 heteroatoms. The average molecular weight is 356 g/mol. The van der Waals surface area contributed by atoms with Gasteiger partial charge in [0.25, 0.3) is 5.91 Å². The van der Waals surface area contributed by atoms with Crippen LogP contribution in [0.5, 0.6) is 0 Å². The number of carbonyl (C=O) groups is 2. The van der Waals surface area contributed by atoms with Crippen LogP contribution >= 0.6 is 7.94 Å². The van der Waals surface area contributed by atoms with Crippen molar-refractivity contribution < 1.29 is 19.6 Å². The lowest BCUT2D eigenvalue weighted by Crippen LogP contribution is -2.44. The largest absolute Gasteiger partial charge is 0.612 e. The SMILES string of the molecule is C[C@H](/N=[P+](\[O-])Cc1ccccc1)C(=O)N1CCC[C@H]1C(=O)O.N.N. The highest BCUT2D eigenvalue weighted by Gasteiger charge is 2.36. The predicted molar refractivity (Wildman–Crippen MR) is 91.4 cm³/mol. The van der Waals surface area contributed by atoms with Crippen LogP contribution in [-0.2, 0) is 15.8 Å². The van der Waals surface area contributed by atoms with Crippen LogP contribution in [0.4, 0.5) is 0 Å². The number of nitrogens with zero attached hydrogens (tertiary/aromatic N) is 2. The van der Waals surface area contributed by atoms with Gasteiger partial charge in [0.1, 0.15) is 12.2 Å². The van der Waals surface area contributed by atoms with E-state index in [0.29, 0.717) is 19.4 Å². The van der Waals surface area contributed by atoms with Gasteiger partial charge in [0, 0.05) is 6.54 Å². The van der Waals surface area contributed by atoms with E-state index in [4.69, 9.17) is 5.11 Å². The Labute approximate surface area is 142 Å². The lowest BCUT2D eigenvalue weighted by Gasteiger charge is -2.22. The number of carbonyl (C=O) groups excluding carboxylic acids is 1. The zero-order valence-corrected chi connectivity index (χ0v) is 14.7. The van der Waals surface area contributed by atoms with E-state index in [0.717, 1.165) is 5.56 Å². The monoisotopic (exact) mass is 356 g/mol. The molecular weight excluding hydrogens is 331 g/mol. The van der Waals surface area contributed by atoms with E-state index in [-0.39, 0.29) is 24.4 Å². The molecule has 2 rings (SSSR count). The topological polar surface area (TPSA) is 163 Å². The van der Waals surface area contributed by atoms with Gasteiger partial charge in [0.2, 0.25) is 0 Å². The Morgan fingerprint density at radius 2 is 2.00 bits per heavy atom. The molecule has 0 radical (unpaired) electrons.